The highest BCUT2D eigenvalue weighted by molar-refractivity contribution is 5.91. The molecule has 0 fully saturated rings. The molecule has 0 spiro atoms. The molecule has 89 heavy (non-hydrogen) atoms. The molecule has 15 heteroatoms. The number of fused-ring (bicyclic) bond motifs is 6. The predicted octanol–water partition coefficient (Wildman–Crippen LogP) is 13.3. The molecule has 15 nitrogen and oxygen atoms in total. The van der Waals surface area contributed by atoms with Crippen LogP contribution in [0.5, 0.6) is 17.2 Å². The fourth-order valence-corrected chi connectivity index (χ4v) is 8.63. The third-order valence-electron chi connectivity index (χ3n) is 12.5. The molecule has 0 aliphatic heterocycles. The zero-order chi connectivity index (χ0) is 104. The molecule has 0 unspecified atom stereocenters. The molecular formula is C74H100N12O3. The minimum absolute atomic E-state index is 0.00560. The first-order chi connectivity index (χ1) is 61.1. The van der Waals surface area contributed by atoms with Crippen LogP contribution in [0.1, 0.15) is 116 Å². The van der Waals surface area contributed by atoms with Crippen LogP contribution in [0.3, 0.4) is 0 Å². The maximum atomic E-state index is 9.86. The van der Waals surface area contributed by atoms with Gasteiger partial charge in [0.15, 0.2) is 0 Å². The van der Waals surface area contributed by atoms with Crippen LogP contribution in [0, 0.1) is 13.8 Å². The number of para-hydroxylation sites is 1. The number of aromatic amines is 6. The van der Waals surface area contributed by atoms with Gasteiger partial charge in [-0.2, -0.15) is 0 Å². The number of ether oxygens (including phenoxy) is 2. The number of hydrogen-bond acceptors (Lipinski definition) is 9. The first kappa shape index (κ1) is 28.7. The lowest BCUT2D eigenvalue weighted by Gasteiger charge is -2.09. The Bertz CT molecular complexity index is 6100. The Balaban J connectivity index is 0.000000223. The number of nitrogens with one attached hydrogen (secondary N) is 9. The van der Waals surface area contributed by atoms with Crippen LogP contribution in [0.15, 0.2) is 152 Å². The highest BCUT2D eigenvalue weighted by Crippen LogP contribution is 2.31. The molecule has 6 aromatic heterocycles. The topological polar surface area (TPSA) is 179 Å². The van der Waals surface area contributed by atoms with Gasteiger partial charge in [-0.1, -0.05) is 66.5 Å². The van der Waals surface area contributed by atoms with Crippen molar-refractivity contribution >= 4 is 65.4 Å². The fourth-order valence-electron chi connectivity index (χ4n) is 8.63. The molecule has 0 bridgehead atoms. The maximum absolute atomic E-state index is 9.86. The van der Waals surface area contributed by atoms with Crippen molar-refractivity contribution in [2.24, 2.45) is 0 Å². The lowest BCUT2D eigenvalue weighted by molar-refractivity contribution is 0.411. The number of aromatic nitrogens is 6. The van der Waals surface area contributed by atoms with E-state index in [9.17, 15) is 5.11 Å². The molecule has 6 heterocycles. The summed E-state index contributed by atoms with van der Waals surface area (Å²) >= 11 is 0. The zero-order valence-electron chi connectivity index (χ0n) is 96.0. The van der Waals surface area contributed by atoms with Crippen LogP contribution in [-0.2, 0) is 38.2 Å². The first-order valence-corrected chi connectivity index (χ1v) is 26.7. The van der Waals surface area contributed by atoms with E-state index in [1.54, 1.807) is 101 Å². The van der Waals surface area contributed by atoms with Gasteiger partial charge >= 0.3 is 0 Å². The van der Waals surface area contributed by atoms with Gasteiger partial charge in [0.25, 0.3) is 0 Å². The minimum atomic E-state index is -3.14. The van der Waals surface area contributed by atoms with Gasteiger partial charge in [-0.05, 0) is 234 Å². The van der Waals surface area contributed by atoms with E-state index in [0.29, 0.717) is 75.1 Å². The second-order valence-electron chi connectivity index (χ2n) is 18.9. The molecule has 474 valence electrons. The summed E-state index contributed by atoms with van der Waals surface area (Å²) in [6.45, 7) is -33.5. The minimum Gasteiger partial charge on any atom is -0.507 e. The Kier molecular flexibility index (Phi) is 11.3. The molecule has 0 aliphatic carbocycles. The summed E-state index contributed by atoms with van der Waals surface area (Å²) in [6.07, 6.45) is -7.96. The van der Waals surface area contributed by atoms with Crippen LogP contribution in [0.4, 0.5) is 0 Å². The Labute approximate surface area is 594 Å². The SMILES string of the molecule is [2H]C([2H])([2H])C([2H])([2H])NC([2H])([2H])C([2H])([2H])c1c[nH]c2ccccc12.[2H]C([2H])([2H])N(C)C([2H])([2H])C([2H])([2H])c1c[nH]c2ccc(C)cc12.[2H]C([2H])([2H])N(C)C([2H])([2H])C([2H])([2H])c1c[nH]c2cccc(OC)c12.[2H]C([2H])([2H])NC([2H])([2H])C([2H])([2H])c1c[nH]c2ccc(C)cc12.[2H]C([2H])([2H])NC([2H])([2H])C([2H])([2H])c1c[nH]c2cccc(O)c12.[2H]C([2H])([2H])Oc1cccc2[nH]cc(C([2H])([2H])C([2H])([2H])N(C)C([2H])([2H])[2H])c12. The van der Waals surface area contributed by atoms with E-state index in [1.165, 1.54) is 62.5 Å². The number of likely N-dealkylation sites (N-methyl/N-ethyl adjacent to an activating group) is 6. The van der Waals surface area contributed by atoms with E-state index in [-0.39, 0.29) is 55.7 Å². The van der Waals surface area contributed by atoms with E-state index in [4.69, 9.17) is 73.9 Å². The summed E-state index contributed by atoms with van der Waals surface area (Å²) < 4.78 is 370. The third kappa shape index (κ3) is 19.6. The molecule has 0 saturated heterocycles. The molecule has 10 N–H and O–H groups in total. The van der Waals surface area contributed by atoms with Gasteiger partial charge in [-0.25, -0.2) is 0 Å². The van der Waals surface area contributed by atoms with E-state index >= 15 is 0 Å². The van der Waals surface area contributed by atoms with E-state index in [1.807, 2.05) is 26.0 Å². The molecule has 0 amide bonds. The number of rotatable bonds is 21. The summed E-state index contributed by atoms with van der Waals surface area (Å²) in [4.78, 5) is 18.2. The van der Waals surface area contributed by atoms with Gasteiger partial charge in [-0.15, -0.1) is 0 Å². The van der Waals surface area contributed by atoms with Crippen LogP contribution in [0.25, 0.3) is 65.4 Å². The highest BCUT2D eigenvalue weighted by atomic mass is 16.5. The zero-order valence-corrected chi connectivity index (χ0v) is 49.0. The Morgan fingerprint density at radius 2 is 0.865 bits per heavy atom. The number of H-pyrrole nitrogens is 6. The van der Waals surface area contributed by atoms with Gasteiger partial charge < -0.3 is 75.1 Å². The van der Waals surface area contributed by atoms with Gasteiger partial charge in [0.1, 0.15) is 17.2 Å². The van der Waals surface area contributed by atoms with E-state index in [2.05, 4.69) is 29.9 Å². The second-order valence-corrected chi connectivity index (χ2v) is 18.9. The Hall–Kier alpha value is -8.28. The van der Waals surface area contributed by atoms with Crippen molar-refractivity contribution in [2.75, 3.05) is 116 Å². The number of hydrogen-bond donors (Lipinski definition) is 10. The van der Waals surface area contributed by atoms with Crippen LogP contribution in [0.2, 0.25) is 0 Å². The smallest absolute Gasteiger partial charge is 0.128 e. The van der Waals surface area contributed by atoms with Crippen molar-refractivity contribution in [3.8, 4) is 17.2 Å². The normalized spacial score (nSPS) is 22.1. The molecule has 0 saturated carbocycles. The molecule has 6 aromatic carbocycles. The van der Waals surface area contributed by atoms with Crippen LogP contribution < -0.4 is 25.4 Å². The Morgan fingerprint density at radius 3 is 1.38 bits per heavy atom. The number of aromatic hydroxyl groups is 1. The summed E-state index contributed by atoms with van der Waals surface area (Å²) in [5.74, 6) is 0.0160. The van der Waals surface area contributed by atoms with Gasteiger partial charge in [0.05, 0.1) is 18.3 Å². The Morgan fingerprint density at radius 1 is 0.449 bits per heavy atom. The molecular weight excluding hydrogens is 1100 g/mol. The number of benzene rings is 6. The lowest BCUT2D eigenvalue weighted by atomic mass is 10.1. The quantitative estimate of drug-likeness (QED) is 0.0335. The van der Waals surface area contributed by atoms with Gasteiger partial charge in [-0.3, -0.25) is 0 Å². The average molecular weight is 1250 g/mol. The van der Waals surface area contributed by atoms with Gasteiger partial charge in [0, 0.05) is 182 Å². The number of phenols is 1. The molecule has 0 radical (unpaired) electrons. The molecule has 0 aliphatic rings. The lowest BCUT2D eigenvalue weighted by Crippen LogP contribution is -2.15. The standard InChI is InChI=1S/2C13H18N2O.C13H18N2.2C12H16N2.C11H14N2O/c2*1-15(2)8-7-10-9-14-11-5-4-6-12(16-3)13(10)11;1-10-4-5-13-12(8-10)11(9-14-13)6-7-15(2)3;1-9-3-4-12-11(7-9)10(8-14-12)5-6-13-2;1-2-13-8-7-10-9-14-12-6-4-3-5-11(10)12;1-12-6-5-8-7-13-9-3-2-4-10(14)11(8)9/h2*4-6,9,14H,7-8H2,1-3H3;4-5,8-9,14H,6-7H2,1-3H3;3-4,7-8,13-14H,5-6H2,1-2H3;3-6,9,13-14H,2,7-8H2,1H3;2-4,7,12-14H,5-6H2,1H3/i1D3,3D3,7D2,8D2;1D3,7D2,8D2;2D3,6D2,7D2;2D3,5D2,6D2;1D3,2D2,7D2,8D2;1D3,5D2,6D2. The monoisotopic (exact) mass is 1250 g/mol. The predicted molar refractivity (Wildman–Crippen MR) is 378 cm³/mol. The van der Waals surface area contributed by atoms with E-state index in [0.717, 1.165) is 32.3 Å². The summed E-state index contributed by atoms with van der Waals surface area (Å²) in [7, 11) is 1.70. The summed E-state index contributed by atoms with van der Waals surface area (Å²) in [5, 5.41) is 17.0. The maximum Gasteiger partial charge on any atom is 0.128 e. The van der Waals surface area contributed by atoms with Crippen molar-refractivity contribution in [2.45, 2.75) is 58.9 Å². The van der Waals surface area contributed by atoms with Crippen molar-refractivity contribution in [1.82, 2.24) is 60.6 Å². The first-order valence-electron chi connectivity index (χ1n) is 50.2. The van der Waals surface area contributed by atoms with E-state index < -0.39 is 132 Å². The average Bonchev–Trinajstić information content (AvgIpc) is 1.50. The van der Waals surface area contributed by atoms with Crippen LogP contribution in [-0.4, -0.2) is 165 Å². The number of nitrogens with zero attached hydrogens (tertiary/aromatic N) is 3. The van der Waals surface area contributed by atoms with Crippen molar-refractivity contribution < 1.29 is 79.0 Å². The molecule has 12 aromatic rings. The van der Waals surface area contributed by atoms with Crippen molar-refractivity contribution in [3.63, 3.8) is 0 Å². The number of phenolic OH excluding ortho intramolecular Hbond substituents is 1. The summed E-state index contributed by atoms with van der Waals surface area (Å²) in [6, 6.07) is 31.4. The van der Waals surface area contributed by atoms with Crippen molar-refractivity contribution in [3.05, 3.63) is 197 Å². The second kappa shape index (κ2) is 35.1. The number of methoxy groups -OCH3 is 2. The van der Waals surface area contributed by atoms with Gasteiger partial charge in [0.2, 0.25) is 0 Å². The van der Waals surface area contributed by atoms with Crippen molar-refractivity contribution in [1.29, 1.82) is 0 Å². The molecule has 12 rings (SSSR count). The largest absolute Gasteiger partial charge is 0.507 e. The fraction of sp³-hybridized carbons (Fsp3) is 0.351. The number of aryl methyl sites for hydroxylation is 8. The third-order valence-corrected chi connectivity index (χ3v) is 12.5. The highest BCUT2D eigenvalue weighted by Gasteiger charge is 2.12. The molecule has 0 atom stereocenters. The van der Waals surface area contributed by atoms with Crippen LogP contribution >= 0.6 is 0 Å². The summed E-state index contributed by atoms with van der Waals surface area (Å²) in [5.41, 5.74) is 4.88.